The fourth-order valence-electron chi connectivity index (χ4n) is 2.75. The summed E-state index contributed by atoms with van der Waals surface area (Å²) in [5.41, 5.74) is 1.13. The van der Waals surface area contributed by atoms with E-state index in [2.05, 4.69) is 15.4 Å². The maximum absolute atomic E-state index is 13.7. The summed E-state index contributed by atoms with van der Waals surface area (Å²) in [6, 6.07) is 6.53. The van der Waals surface area contributed by atoms with Crippen LogP contribution in [0.2, 0.25) is 0 Å². The zero-order valence-electron chi connectivity index (χ0n) is 12.8. The van der Waals surface area contributed by atoms with Gasteiger partial charge in [0.05, 0.1) is 12.0 Å². The first-order valence-corrected chi connectivity index (χ1v) is 7.58. The van der Waals surface area contributed by atoms with Gasteiger partial charge < -0.3 is 9.73 Å². The third-order valence-electron chi connectivity index (χ3n) is 3.84. The zero-order chi connectivity index (χ0) is 16.7. The van der Waals surface area contributed by atoms with E-state index < -0.39 is 17.7 Å². The average molecular weight is 328 g/mol. The third-order valence-corrected chi connectivity index (χ3v) is 3.84. The fraction of sp³-hybridized carbons (Fsp3) is 0.176. The van der Waals surface area contributed by atoms with Gasteiger partial charge in [0.2, 0.25) is 5.95 Å². The molecule has 0 aliphatic carbocycles. The summed E-state index contributed by atoms with van der Waals surface area (Å²) in [4.78, 5) is 4.42. The second-order valence-electron chi connectivity index (χ2n) is 5.48. The topological polar surface area (TPSA) is 55.9 Å². The number of nitrogens with zero attached hydrogens (tertiary/aromatic N) is 3. The Hall–Kier alpha value is -2.96. The molecule has 0 fully saturated rings. The molecule has 122 valence electrons. The minimum absolute atomic E-state index is 0.451. The van der Waals surface area contributed by atoms with Crippen molar-refractivity contribution in [3.05, 3.63) is 71.5 Å². The van der Waals surface area contributed by atoms with Crippen LogP contribution < -0.4 is 5.32 Å². The van der Waals surface area contributed by atoms with Crippen molar-refractivity contribution < 1.29 is 13.2 Å². The summed E-state index contributed by atoms with van der Waals surface area (Å²) in [7, 11) is 0. The van der Waals surface area contributed by atoms with Crippen LogP contribution in [0.15, 0.2) is 47.1 Å². The molecule has 1 aliphatic heterocycles. The number of aryl methyl sites for hydroxylation is 1. The Kier molecular flexibility index (Phi) is 3.41. The van der Waals surface area contributed by atoms with Crippen molar-refractivity contribution in [1.82, 2.24) is 14.8 Å². The number of halogens is 2. The number of rotatable bonds is 3. The van der Waals surface area contributed by atoms with Crippen LogP contribution in [0.1, 0.15) is 30.1 Å². The van der Waals surface area contributed by atoms with Gasteiger partial charge in [-0.3, -0.25) is 0 Å². The minimum Gasteiger partial charge on any atom is -0.463 e. The largest absolute Gasteiger partial charge is 0.463 e. The van der Waals surface area contributed by atoms with Gasteiger partial charge >= 0.3 is 0 Å². The molecule has 1 aromatic carbocycles. The summed E-state index contributed by atoms with van der Waals surface area (Å²) in [6.07, 6.45) is 4.03. The third kappa shape index (κ3) is 2.47. The van der Waals surface area contributed by atoms with Crippen molar-refractivity contribution in [3.63, 3.8) is 0 Å². The van der Waals surface area contributed by atoms with Gasteiger partial charge in [-0.25, -0.2) is 13.5 Å². The van der Waals surface area contributed by atoms with E-state index in [1.54, 1.807) is 23.1 Å². The van der Waals surface area contributed by atoms with Crippen molar-refractivity contribution in [3.8, 4) is 0 Å². The zero-order valence-corrected chi connectivity index (χ0v) is 12.8. The number of hydrogen-bond donors (Lipinski definition) is 1. The molecular formula is C17H14F2N4O. The molecule has 5 nitrogen and oxygen atoms in total. The van der Waals surface area contributed by atoms with E-state index in [-0.39, 0.29) is 0 Å². The summed E-state index contributed by atoms with van der Waals surface area (Å²) < 4.78 is 34.4. The monoisotopic (exact) mass is 328 g/mol. The number of furan rings is 1. The summed E-state index contributed by atoms with van der Waals surface area (Å²) in [6.45, 7) is 1.94. The van der Waals surface area contributed by atoms with Gasteiger partial charge in [0.15, 0.2) is 5.82 Å². The standard InChI is InChI=1S/C17H14F2N4O/c1-2-16-21-17-20-13(15-4-3-5-24-15)9-14(23(17)22-16)10-6-11(18)8-12(19)7-10/h3-9,14H,2H2,1H3,(H,20,21,22)/t14-/m1/s1. The van der Waals surface area contributed by atoms with Gasteiger partial charge in [-0.15, -0.1) is 0 Å². The Morgan fingerprint density at radius 3 is 2.71 bits per heavy atom. The van der Waals surface area contributed by atoms with Crippen LogP contribution in [0.25, 0.3) is 5.70 Å². The Balaban J connectivity index is 1.86. The van der Waals surface area contributed by atoms with E-state index in [1.165, 1.54) is 12.1 Å². The summed E-state index contributed by atoms with van der Waals surface area (Å²) in [5.74, 6) is 0.510. The first-order chi connectivity index (χ1) is 11.6. The molecular weight excluding hydrogens is 314 g/mol. The van der Waals surface area contributed by atoms with Gasteiger partial charge in [-0.05, 0) is 35.9 Å². The van der Waals surface area contributed by atoms with E-state index in [9.17, 15) is 8.78 Å². The van der Waals surface area contributed by atoms with Crippen LogP contribution in [-0.4, -0.2) is 14.8 Å². The predicted molar refractivity (Wildman–Crippen MR) is 84.2 cm³/mol. The first-order valence-electron chi connectivity index (χ1n) is 7.58. The fourth-order valence-corrected chi connectivity index (χ4v) is 2.75. The molecule has 1 atom stereocenters. The molecule has 1 N–H and O–H groups in total. The quantitative estimate of drug-likeness (QED) is 0.795. The smallest absolute Gasteiger partial charge is 0.226 e. The minimum atomic E-state index is -0.631. The van der Waals surface area contributed by atoms with Crippen molar-refractivity contribution in [2.24, 2.45) is 0 Å². The van der Waals surface area contributed by atoms with E-state index in [0.717, 1.165) is 6.07 Å². The van der Waals surface area contributed by atoms with Crippen LogP contribution in [0, 0.1) is 11.6 Å². The number of anilines is 1. The van der Waals surface area contributed by atoms with Crippen molar-refractivity contribution >= 4 is 11.6 Å². The highest BCUT2D eigenvalue weighted by Gasteiger charge is 2.26. The van der Waals surface area contributed by atoms with Crippen molar-refractivity contribution in [2.75, 3.05) is 5.32 Å². The Bertz CT molecular complexity index is 895. The lowest BCUT2D eigenvalue weighted by Gasteiger charge is -2.23. The van der Waals surface area contributed by atoms with Gasteiger partial charge in [-0.1, -0.05) is 6.92 Å². The SMILES string of the molecule is CCc1nc2n(n1)[C@@H](c1cc(F)cc(F)c1)C=C(c1ccco1)N2. The number of hydrogen-bond acceptors (Lipinski definition) is 4. The lowest BCUT2D eigenvalue weighted by molar-refractivity contribution is 0.543. The molecule has 7 heteroatoms. The molecule has 3 heterocycles. The molecule has 0 saturated heterocycles. The molecule has 2 aromatic heterocycles. The van der Waals surface area contributed by atoms with Crippen LogP contribution in [0.5, 0.6) is 0 Å². The number of allylic oxidation sites excluding steroid dienone is 1. The number of benzene rings is 1. The van der Waals surface area contributed by atoms with Crippen molar-refractivity contribution in [1.29, 1.82) is 0 Å². The van der Waals surface area contributed by atoms with Crippen LogP contribution in [0.4, 0.5) is 14.7 Å². The maximum atomic E-state index is 13.7. The van der Waals surface area contributed by atoms with Crippen molar-refractivity contribution in [2.45, 2.75) is 19.4 Å². The summed E-state index contributed by atoms with van der Waals surface area (Å²) in [5, 5.41) is 7.58. The second-order valence-corrected chi connectivity index (χ2v) is 5.48. The molecule has 0 radical (unpaired) electrons. The number of nitrogens with one attached hydrogen (secondary N) is 1. The van der Waals surface area contributed by atoms with Gasteiger partial charge in [-0.2, -0.15) is 10.1 Å². The highest BCUT2D eigenvalue weighted by molar-refractivity contribution is 5.74. The molecule has 1 aliphatic rings. The molecule has 24 heavy (non-hydrogen) atoms. The van der Waals surface area contributed by atoms with E-state index >= 15 is 0 Å². The molecule has 0 unspecified atom stereocenters. The first kappa shape index (κ1) is 14.6. The average Bonchev–Trinajstić information content (AvgIpc) is 3.21. The Morgan fingerprint density at radius 2 is 2.04 bits per heavy atom. The molecule has 0 saturated carbocycles. The molecule has 4 rings (SSSR count). The lowest BCUT2D eigenvalue weighted by atomic mass is 10.0. The maximum Gasteiger partial charge on any atom is 0.226 e. The molecule has 0 bridgehead atoms. The second kappa shape index (κ2) is 5.59. The summed E-state index contributed by atoms with van der Waals surface area (Å²) >= 11 is 0. The van der Waals surface area contributed by atoms with E-state index in [1.807, 2.05) is 13.0 Å². The normalized spacial score (nSPS) is 16.5. The van der Waals surface area contributed by atoms with Crippen LogP contribution in [-0.2, 0) is 6.42 Å². The lowest BCUT2D eigenvalue weighted by Crippen LogP contribution is -2.20. The Morgan fingerprint density at radius 1 is 1.25 bits per heavy atom. The number of aromatic nitrogens is 3. The van der Waals surface area contributed by atoms with E-state index in [0.29, 0.717) is 35.2 Å². The Labute approximate surface area is 136 Å². The number of fused-ring (bicyclic) bond motifs is 1. The van der Waals surface area contributed by atoms with Gasteiger partial charge in [0, 0.05) is 12.5 Å². The van der Waals surface area contributed by atoms with Gasteiger partial charge in [0.25, 0.3) is 0 Å². The van der Waals surface area contributed by atoms with Crippen LogP contribution >= 0.6 is 0 Å². The molecule has 0 amide bonds. The van der Waals surface area contributed by atoms with Gasteiger partial charge in [0.1, 0.15) is 23.4 Å². The predicted octanol–water partition coefficient (Wildman–Crippen LogP) is 3.77. The molecule has 0 spiro atoms. The highest BCUT2D eigenvalue weighted by atomic mass is 19.1. The van der Waals surface area contributed by atoms with Crippen LogP contribution in [0.3, 0.4) is 0 Å². The highest BCUT2D eigenvalue weighted by Crippen LogP contribution is 2.33. The molecule has 3 aromatic rings. The van der Waals surface area contributed by atoms with E-state index in [4.69, 9.17) is 4.42 Å².